The molecule has 1 N–H and O–H groups in total. The highest BCUT2D eigenvalue weighted by atomic mass is 16.5. The number of amides is 2. The lowest BCUT2D eigenvalue weighted by Gasteiger charge is -2.21. The number of hydrogen-bond donors (Lipinski definition) is 1. The van der Waals surface area contributed by atoms with Crippen LogP contribution in [0.25, 0.3) is 0 Å². The molecular formula is C17H26N2O3. The van der Waals surface area contributed by atoms with Gasteiger partial charge >= 0.3 is 6.03 Å². The van der Waals surface area contributed by atoms with Crippen molar-refractivity contribution in [1.82, 2.24) is 10.2 Å². The van der Waals surface area contributed by atoms with E-state index in [0.29, 0.717) is 12.5 Å². The van der Waals surface area contributed by atoms with Crippen molar-refractivity contribution < 1.29 is 14.3 Å². The van der Waals surface area contributed by atoms with Crippen LogP contribution < -0.4 is 10.1 Å². The number of carbonyl (C=O) groups is 1. The average Bonchev–Trinajstić information content (AvgIpc) is 2.79. The molecule has 0 radical (unpaired) electrons. The molecule has 1 heterocycles. The van der Waals surface area contributed by atoms with Gasteiger partial charge in [0.1, 0.15) is 5.75 Å². The normalized spacial score (nSPS) is 18.6. The third kappa shape index (κ3) is 4.91. The Hall–Kier alpha value is -1.75. The first-order chi connectivity index (χ1) is 10.7. The summed E-state index contributed by atoms with van der Waals surface area (Å²) in [7, 11) is 3.38. The summed E-state index contributed by atoms with van der Waals surface area (Å²) in [5, 5.41) is 2.99. The zero-order chi connectivity index (χ0) is 15.8. The highest BCUT2D eigenvalue weighted by Gasteiger charge is 2.20. The van der Waals surface area contributed by atoms with E-state index >= 15 is 0 Å². The van der Waals surface area contributed by atoms with Gasteiger partial charge in [-0.25, -0.2) is 4.79 Å². The van der Waals surface area contributed by atoms with Crippen LogP contribution in [0.2, 0.25) is 0 Å². The molecule has 122 valence electrons. The maximum absolute atomic E-state index is 12.3. The van der Waals surface area contributed by atoms with E-state index in [4.69, 9.17) is 9.47 Å². The minimum Gasteiger partial charge on any atom is -0.497 e. The number of rotatable bonds is 5. The van der Waals surface area contributed by atoms with Crippen LogP contribution in [0.5, 0.6) is 5.75 Å². The Labute approximate surface area is 132 Å². The van der Waals surface area contributed by atoms with Crippen molar-refractivity contribution >= 4 is 6.03 Å². The zero-order valence-electron chi connectivity index (χ0n) is 13.5. The maximum Gasteiger partial charge on any atom is 0.317 e. The van der Waals surface area contributed by atoms with Crippen molar-refractivity contribution in [2.45, 2.75) is 25.8 Å². The number of nitrogens with zero attached hydrogens (tertiary/aromatic N) is 1. The van der Waals surface area contributed by atoms with Crippen LogP contribution in [0.1, 0.15) is 24.8 Å². The summed E-state index contributed by atoms with van der Waals surface area (Å²) in [6, 6.07) is 7.77. The molecule has 0 aromatic heterocycles. The molecule has 0 bridgehead atoms. The zero-order valence-corrected chi connectivity index (χ0v) is 13.5. The highest BCUT2D eigenvalue weighted by Crippen LogP contribution is 2.18. The molecule has 0 saturated carbocycles. The molecular weight excluding hydrogens is 280 g/mol. The van der Waals surface area contributed by atoms with E-state index in [2.05, 4.69) is 5.32 Å². The fourth-order valence-corrected chi connectivity index (χ4v) is 2.84. The molecule has 1 unspecified atom stereocenters. The fourth-order valence-electron chi connectivity index (χ4n) is 2.84. The second kappa shape index (κ2) is 8.63. The van der Waals surface area contributed by atoms with Crippen LogP contribution in [-0.4, -0.2) is 44.8 Å². The van der Waals surface area contributed by atoms with Gasteiger partial charge in [0.2, 0.25) is 0 Å². The molecule has 1 fully saturated rings. The lowest BCUT2D eigenvalue weighted by atomic mass is 10.0. The van der Waals surface area contributed by atoms with Crippen molar-refractivity contribution in [2.75, 3.05) is 33.9 Å². The molecule has 1 aromatic rings. The van der Waals surface area contributed by atoms with Crippen molar-refractivity contribution in [3.63, 3.8) is 0 Å². The number of urea groups is 1. The molecule has 1 aliphatic rings. The van der Waals surface area contributed by atoms with Gasteiger partial charge in [-0.2, -0.15) is 0 Å². The van der Waals surface area contributed by atoms with Crippen LogP contribution in [0.3, 0.4) is 0 Å². The Bertz CT molecular complexity index is 479. The first-order valence-corrected chi connectivity index (χ1v) is 7.87. The van der Waals surface area contributed by atoms with Crippen LogP contribution in [0.4, 0.5) is 4.79 Å². The van der Waals surface area contributed by atoms with E-state index in [0.717, 1.165) is 50.3 Å². The third-order valence-corrected chi connectivity index (χ3v) is 4.12. The molecule has 1 saturated heterocycles. The van der Waals surface area contributed by atoms with Gasteiger partial charge in [0.05, 0.1) is 7.11 Å². The Balaban J connectivity index is 1.81. The van der Waals surface area contributed by atoms with Crippen LogP contribution in [-0.2, 0) is 11.3 Å². The van der Waals surface area contributed by atoms with Crippen molar-refractivity contribution in [3.05, 3.63) is 29.8 Å². The molecule has 2 amide bonds. The standard InChI is InChI=1S/C17H26N2O3/c1-21-13-14-6-4-9-19(10-8-14)17(20)18-12-15-5-3-7-16(11-15)22-2/h3,5,7,11,14H,4,6,8-10,12-13H2,1-2H3,(H,18,20). The molecule has 1 atom stereocenters. The predicted molar refractivity (Wildman–Crippen MR) is 86.0 cm³/mol. The smallest absolute Gasteiger partial charge is 0.317 e. The minimum atomic E-state index is 0.0147. The third-order valence-electron chi connectivity index (χ3n) is 4.12. The number of nitrogens with one attached hydrogen (secondary N) is 1. The van der Waals surface area contributed by atoms with E-state index in [-0.39, 0.29) is 6.03 Å². The molecule has 1 aromatic carbocycles. The van der Waals surface area contributed by atoms with E-state index in [1.807, 2.05) is 29.2 Å². The average molecular weight is 306 g/mol. The first kappa shape index (κ1) is 16.6. The van der Waals surface area contributed by atoms with Gasteiger partial charge in [0.15, 0.2) is 0 Å². The van der Waals surface area contributed by atoms with Crippen LogP contribution >= 0.6 is 0 Å². The van der Waals surface area contributed by atoms with Gasteiger partial charge in [0, 0.05) is 33.4 Å². The Kier molecular flexibility index (Phi) is 6.52. The summed E-state index contributed by atoms with van der Waals surface area (Å²) >= 11 is 0. The monoisotopic (exact) mass is 306 g/mol. The lowest BCUT2D eigenvalue weighted by molar-refractivity contribution is 0.144. The van der Waals surface area contributed by atoms with Crippen molar-refractivity contribution in [1.29, 1.82) is 0 Å². The number of methoxy groups -OCH3 is 2. The van der Waals surface area contributed by atoms with Crippen LogP contribution in [0, 0.1) is 5.92 Å². The number of ether oxygens (including phenoxy) is 2. The van der Waals surface area contributed by atoms with Crippen molar-refractivity contribution in [2.24, 2.45) is 5.92 Å². The maximum atomic E-state index is 12.3. The van der Waals surface area contributed by atoms with Gasteiger partial charge in [0.25, 0.3) is 0 Å². The Morgan fingerprint density at radius 3 is 2.95 bits per heavy atom. The second-order valence-electron chi connectivity index (χ2n) is 5.75. The van der Waals surface area contributed by atoms with E-state index in [1.165, 1.54) is 0 Å². The number of benzene rings is 1. The highest BCUT2D eigenvalue weighted by molar-refractivity contribution is 5.74. The minimum absolute atomic E-state index is 0.0147. The van der Waals surface area contributed by atoms with Gasteiger partial charge < -0.3 is 19.7 Å². The lowest BCUT2D eigenvalue weighted by Crippen LogP contribution is -2.40. The molecule has 22 heavy (non-hydrogen) atoms. The summed E-state index contributed by atoms with van der Waals surface area (Å²) in [6.45, 7) is 2.94. The summed E-state index contributed by atoms with van der Waals surface area (Å²) in [5.74, 6) is 1.38. The van der Waals surface area contributed by atoms with Gasteiger partial charge in [-0.05, 0) is 42.9 Å². The molecule has 1 aliphatic heterocycles. The van der Waals surface area contributed by atoms with E-state index in [9.17, 15) is 4.79 Å². The second-order valence-corrected chi connectivity index (χ2v) is 5.75. The molecule has 5 nitrogen and oxygen atoms in total. The summed E-state index contributed by atoms with van der Waals surface area (Å²) in [6.07, 6.45) is 3.19. The van der Waals surface area contributed by atoms with Crippen LogP contribution in [0.15, 0.2) is 24.3 Å². The summed E-state index contributed by atoms with van der Waals surface area (Å²) < 4.78 is 10.4. The summed E-state index contributed by atoms with van der Waals surface area (Å²) in [4.78, 5) is 14.2. The molecule has 5 heteroatoms. The predicted octanol–water partition coefficient (Wildman–Crippen LogP) is 2.65. The summed E-state index contributed by atoms with van der Waals surface area (Å²) in [5.41, 5.74) is 1.04. The van der Waals surface area contributed by atoms with E-state index in [1.54, 1.807) is 14.2 Å². The quantitative estimate of drug-likeness (QED) is 0.910. The van der Waals surface area contributed by atoms with Crippen molar-refractivity contribution in [3.8, 4) is 5.75 Å². The van der Waals surface area contributed by atoms with Gasteiger partial charge in [-0.15, -0.1) is 0 Å². The number of carbonyl (C=O) groups excluding carboxylic acids is 1. The van der Waals surface area contributed by atoms with Gasteiger partial charge in [-0.1, -0.05) is 12.1 Å². The van der Waals surface area contributed by atoms with E-state index < -0.39 is 0 Å². The van der Waals surface area contributed by atoms with Gasteiger partial charge in [-0.3, -0.25) is 0 Å². The first-order valence-electron chi connectivity index (χ1n) is 7.87. The Morgan fingerprint density at radius 2 is 2.18 bits per heavy atom. The molecule has 0 spiro atoms. The number of hydrogen-bond acceptors (Lipinski definition) is 3. The topological polar surface area (TPSA) is 50.8 Å². The Morgan fingerprint density at radius 1 is 1.32 bits per heavy atom. The fraction of sp³-hybridized carbons (Fsp3) is 0.588. The molecule has 0 aliphatic carbocycles. The molecule has 2 rings (SSSR count). The number of likely N-dealkylation sites (tertiary alicyclic amines) is 1. The SMILES string of the molecule is COCC1CCCN(C(=O)NCc2cccc(OC)c2)CC1. The largest absolute Gasteiger partial charge is 0.497 e.